The van der Waals surface area contributed by atoms with Crippen LogP contribution in [0.4, 0.5) is 0 Å². The fourth-order valence-electron chi connectivity index (χ4n) is 7.88. The van der Waals surface area contributed by atoms with E-state index in [9.17, 15) is 0 Å². The molecule has 5 aromatic carbocycles. The fraction of sp³-hybridized carbons (Fsp3) is 0.167. The molecule has 0 saturated carbocycles. The van der Waals surface area contributed by atoms with Crippen LogP contribution in [0.5, 0.6) is 23.0 Å². The highest BCUT2D eigenvalue weighted by molar-refractivity contribution is 5.78. The maximum Gasteiger partial charge on any atom is 0.132 e. The first-order valence-corrected chi connectivity index (χ1v) is 17.9. The number of benzene rings is 5. The summed E-state index contributed by atoms with van der Waals surface area (Å²) >= 11 is 0. The second kappa shape index (κ2) is 13.0. The number of hydrogen-bond donors (Lipinski definition) is 0. The number of hydrogen-bond acceptors (Lipinski definition) is 4. The van der Waals surface area contributed by atoms with Gasteiger partial charge in [0.15, 0.2) is 0 Å². The van der Waals surface area contributed by atoms with Gasteiger partial charge in [0.25, 0.3) is 0 Å². The van der Waals surface area contributed by atoms with Gasteiger partial charge >= 0.3 is 0 Å². The van der Waals surface area contributed by atoms with Crippen molar-refractivity contribution in [1.82, 2.24) is 9.97 Å². The van der Waals surface area contributed by atoms with Crippen molar-refractivity contribution in [3.8, 4) is 45.4 Å². The van der Waals surface area contributed by atoms with Gasteiger partial charge in [0.2, 0.25) is 0 Å². The quantitative estimate of drug-likeness (QED) is 0.176. The molecule has 0 atom stereocenters. The Hall–Kier alpha value is -6.00. The third-order valence-corrected chi connectivity index (χ3v) is 10.1. The number of pyridine rings is 2. The Morgan fingerprint density at radius 1 is 0.577 bits per heavy atom. The first-order chi connectivity index (χ1) is 25.1. The van der Waals surface area contributed by atoms with Crippen molar-refractivity contribution in [2.45, 2.75) is 52.4 Å². The summed E-state index contributed by atoms with van der Waals surface area (Å²) in [5, 5.41) is 0. The van der Waals surface area contributed by atoms with Gasteiger partial charge in [-0.25, -0.2) is 0 Å². The standard InChI is InChI=1S/C48H42N2O2/c1-31-24-32(2)46(33(3)25-31)35-26-34(42-30-36(21-23-49-42)47(4,5)6)27-39(28-35)51-38-15-13-14-37(29-38)48(45-20-11-12-22-50-45)40-16-7-9-18-43(40)52-44-19-10-8-17-41(44)48/h7-30H,1-6H3. The van der Waals surface area contributed by atoms with Crippen molar-refractivity contribution in [2.75, 3.05) is 0 Å². The molecule has 0 bridgehead atoms. The van der Waals surface area contributed by atoms with Gasteiger partial charge in [0.05, 0.1) is 16.8 Å². The number of rotatable bonds is 6. The Balaban J connectivity index is 1.31. The van der Waals surface area contributed by atoms with Crippen LogP contribution in [0.3, 0.4) is 0 Å². The van der Waals surface area contributed by atoms with Crippen molar-refractivity contribution in [2.24, 2.45) is 0 Å². The van der Waals surface area contributed by atoms with E-state index >= 15 is 0 Å². The molecule has 0 aliphatic carbocycles. The van der Waals surface area contributed by atoms with Gasteiger partial charge in [0, 0.05) is 29.1 Å². The molecule has 8 rings (SSSR count). The van der Waals surface area contributed by atoms with E-state index in [0.29, 0.717) is 0 Å². The summed E-state index contributed by atoms with van der Waals surface area (Å²) in [6, 6.07) is 46.4. The summed E-state index contributed by atoms with van der Waals surface area (Å²) < 4.78 is 13.4. The highest BCUT2D eigenvalue weighted by atomic mass is 16.5. The molecule has 1 aliphatic heterocycles. The molecule has 4 heteroatoms. The van der Waals surface area contributed by atoms with Gasteiger partial charge in [-0.15, -0.1) is 0 Å². The highest BCUT2D eigenvalue weighted by Gasteiger charge is 2.46. The minimum Gasteiger partial charge on any atom is -0.457 e. The molecule has 3 heterocycles. The number of fused-ring (bicyclic) bond motifs is 2. The van der Waals surface area contributed by atoms with Crippen LogP contribution in [0.15, 0.2) is 146 Å². The van der Waals surface area contributed by atoms with E-state index in [4.69, 9.17) is 19.4 Å². The zero-order chi connectivity index (χ0) is 36.0. The van der Waals surface area contributed by atoms with Gasteiger partial charge in [-0.05, 0) is 126 Å². The Morgan fingerprint density at radius 2 is 1.25 bits per heavy atom. The number of ether oxygens (including phenoxy) is 2. The van der Waals surface area contributed by atoms with Crippen LogP contribution in [-0.4, -0.2) is 9.97 Å². The van der Waals surface area contributed by atoms with Crippen LogP contribution in [0.2, 0.25) is 0 Å². The summed E-state index contributed by atoms with van der Waals surface area (Å²) in [5.41, 5.74) is 12.4. The first kappa shape index (κ1) is 33.2. The summed E-state index contributed by atoms with van der Waals surface area (Å²) in [6.07, 6.45) is 3.78. The van der Waals surface area contributed by atoms with E-state index in [-0.39, 0.29) is 5.41 Å². The fourth-order valence-corrected chi connectivity index (χ4v) is 7.88. The lowest BCUT2D eigenvalue weighted by Crippen LogP contribution is -2.35. The molecule has 52 heavy (non-hydrogen) atoms. The molecule has 256 valence electrons. The highest BCUT2D eigenvalue weighted by Crippen LogP contribution is 2.55. The van der Waals surface area contributed by atoms with E-state index in [1.54, 1.807) is 0 Å². The van der Waals surface area contributed by atoms with Gasteiger partial charge < -0.3 is 9.47 Å². The largest absolute Gasteiger partial charge is 0.457 e. The Bertz CT molecular complexity index is 2370. The van der Waals surface area contributed by atoms with E-state index in [1.165, 1.54) is 27.8 Å². The van der Waals surface area contributed by atoms with Crippen molar-refractivity contribution >= 4 is 0 Å². The Morgan fingerprint density at radius 3 is 1.92 bits per heavy atom. The lowest BCUT2D eigenvalue weighted by atomic mass is 9.65. The molecule has 0 amide bonds. The molecule has 1 aliphatic rings. The summed E-state index contributed by atoms with van der Waals surface area (Å²) in [6.45, 7) is 13.2. The summed E-state index contributed by atoms with van der Waals surface area (Å²) in [5.74, 6) is 3.09. The predicted molar refractivity (Wildman–Crippen MR) is 211 cm³/mol. The Labute approximate surface area is 306 Å². The molecule has 2 aromatic heterocycles. The number of para-hydroxylation sites is 2. The second-order valence-electron chi connectivity index (χ2n) is 14.9. The molecule has 0 N–H and O–H groups in total. The van der Waals surface area contributed by atoms with Crippen molar-refractivity contribution < 1.29 is 9.47 Å². The van der Waals surface area contributed by atoms with Crippen LogP contribution in [0, 0.1) is 20.8 Å². The van der Waals surface area contributed by atoms with Crippen LogP contribution in [0.1, 0.15) is 65.4 Å². The van der Waals surface area contributed by atoms with E-state index < -0.39 is 5.41 Å². The van der Waals surface area contributed by atoms with Crippen LogP contribution in [0.25, 0.3) is 22.4 Å². The average molecular weight is 679 g/mol. The smallest absolute Gasteiger partial charge is 0.132 e. The van der Waals surface area contributed by atoms with Crippen molar-refractivity contribution in [3.63, 3.8) is 0 Å². The van der Waals surface area contributed by atoms with Gasteiger partial charge in [-0.3, -0.25) is 9.97 Å². The number of aryl methyl sites for hydroxylation is 3. The molecular weight excluding hydrogens is 637 g/mol. The van der Waals surface area contributed by atoms with Gasteiger partial charge in [-0.1, -0.05) is 93.1 Å². The SMILES string of the molecule is Cc1cc(C)c(-c2cc(Oc3cccc(C4(c5ccccn5)c5ccccc5Oc5ccccc54)c3)cc(-c3cc(C(C)(C)C)ccn3)c2)c(C)c1. The lowest BCUT2D eigenvalue weighted by Gasteiger charge is -2.40. The van der Waals surface area contributed by atoms with Crippen molar-refractivity contribution in [1.29, 1.82) is 0 Å². The molecule has 7 aromatic rings. The molecule has 0 saturated heterocycles. The normalized spacial score (nSPS) is 13.1. The lowest BCUT2D eigenvalue weighted by molar-refractivity contribution is 0.431. The van der Waals surface area contributed by atoms with Crippen LogP contribution in [-0.2, 0) is 10.8 Å². The predicted octanol–water partition coefficient (Wildman–Crippen LogP) is 12.3. The number of nitrogens with zero attached hydrogens (tertiary/aromatic N) is 2. The molecule has 0 spiro atoms. The minimum atomic E-state index is -0.744. The minimum absolute atomic E-state index is 0.00976. The molecule has 0 radical (unpaired) electrons. The van der Waals surface area contributed by atoms with Crippen LogP contribution >= 0.6 is 0 Å². The number of aromatic nitrogens is 2. The van der Waals surface area contributed by atoms with E-state index in [2.05, 4.69) is 139 Å². The van der Waals surface area contributed by atoms with Gasteiger partial charge in [0.1, 0.15) is 23.0 Å². The average Bonchev–Trinajstić information content (AvgIpc) is 3.13. The molecule has 0 fully saturated rings. The van der Waals surface area contributed by atoms with Gasteiger partial charge in [-0.2, -0.15) is 0 Å². The first-order valence-electron chi connectivity index (χ1n) is 17.9. The van der Waals surface area contributed by atoms with Crippen molar-refractivity contribution in [3.05, 3.63) is 190 Å². The second-order valence-corrected chi connectivity index (χ2v) is 14.9. The third-order valence-electron chi connectivity index (χ3n) is 10.1. The maximum atomic E-state index is 6.91. The zero-order valence-corrected chi connectivity index (χ0v) is 30.6. The maximum absolute atomic E-state index is 6.91. The van der Waals surface area contributed by atoms with E-state index in [0.717, 1.165) is 62.2 Å². The summed E-state index contributed by atoms with van der Waals surface area (Å²) in [7, 11) is 0. The molecule has 4 nitrogen and oxygen atoms in total. The molecular formula is C48H42N2O2. The topological polar surface area (TPSA) is 44.2 Å². The zero-order valence-electron chi connectivity index (χ0n) is 30.6. The third kappa shape index (κ3) is 5.84. The monoisotopic (exact) mass is 678 g/mol. The van der Waals surface area contributed by atoms with E-state index in [1.807, 2.05) is 48.8 Å². The van der Waals surface area contributed by atoms with Crippen LogP contribution < -0.4 is 9.47 Å². The molecule has 0 unspecified atom stereocenters. The Kier molecular flexibility index (Phi) is 8.26. The summed E-state index contributed by atoms with van der Waals surface area (Å²) in [4.78, 5) is 9.85.